The molecule has 1 fully saturated rings. The van der Waals surface area contributed by atoms with Crippen LogP contribution < -0.4 is 31.2 Å². The number of amides is 3. The van der Waals surface area contributed by atoms with Gasteiger partial charge in [-0.25, -0.2) is 0 Å². The Bertz CT molecular complexity index is 1290. The van der Waals surface area contributed by atoms with Crippen molar-refractivity contribution in [2.45, 2.75) is 25.0 Å². The van der Waals surface area contributed by atoms with Gasteiger partial charge in [0.05, 0.1) is 11.8 Å². The normalized spacial score (nSPS) is 17.1. The molecule has 0 saturated carbocycles. The van der Waals surface area contributed by atoms with Crippen LogP contribution in [0.5, 0.6) is 11.5 Å². The molecule has 36 heavy (non-hydrogen) atoms. The Hall–Kier alpha value is -3.68. The van der Waals surface area contributed by atoms with Crippen LogP contribution in [0.25, 0.3) is 0 Å². The van der Waals surface area contributed by atoms with E-state index in [1.165, 1.54) is 16.2 Å². The third kappa shape index (κ3) is 4.59. The van der Waals surface area contributed by atoms with E-state index in [4.69, 9.17) is 25.7 Å². The van der Waals surface area contributed by atoms with Crippen molar-refractivity contribution in [2.24, 2.45) is 5.73 Å². The summed E-state index contributed by atoms with van der Waals surface area (Å²) in [7, 11) is 0. The van der Waals surface area contributed by atoms with Crippen molar-refractivity contribution < 1.29 is 28.6 Å². The zero-order valence-corrected chi connectivity index (χ0v) is 20.6. The molecule has 4 heterocycles. The Labute approximate surface area is 214 Å². The highest BCUT2D eigenvalue weighted by Gasteiger charge is 2.37. The molecule has 5 rings (SSSR count). The minimum absolute atomic E-state index is 0.00468. The fourth-order valence-electron chi connectivity index (χ4n) is 4.09. The summed E-state index contributed by atoms with van der Waals surface area (Å²) in [4.78, 5) is 41.3. The number of anilines is 2. The van der Waals surface area contributed by atoms with Gasteiger partial charge in [-0.05, 0) is 48.0 Å². The van der Waals surface area contributed by atoms with Gasteiger partial charge in [0.25, 0.3) is 11.8 Å². The molecule has 13 heteroatoms. The summed E-state index contributed by atoms with van der Waals surface area (Å²) in [6.07, 6.45) is 1.70. The van der Waals surface area contributed by atoms with E-state index in [1.807, 2.05) is 5.38 Å². The monoisotopic (exact) mass is 529 g/mol. The molecule has 0 unspecified atom stereocenters. The lowest BCUT2D eigenvalue weighted by Gasteiger charge is -2.30. The summed E-state index contributed by atoms with van der Waals surface area (Å²) in [6, 6.07) is 7.48. The highest BCUT2D eigenvalue weighted by atomic mass is 32.1. The number of hydrogen-bond donors (Lipinski definition) is 3. The molecule has 0 aliphatic carbocycles. The SMILES string of the molecule is NC(=O)c1nsc(C(=O)N(c2ccc3c(c2)OCO3)[C@H](C(=O)NC[C@@H]2CCCO2)c2cccs2)c1N. The molecule has 2 atom stereocenters. The van der Waals surface area contributed by atoms with Gasteiger partial charge in [0.2, 0.25) is 12.7 Å². The second kappa shape index (κ2) is 10.1. The molecule has 0 spiro atoms. The van der Waals surface area contributed by atoms with Crippen LogP contribution >= 0.6 is 22.9 Å². The number of primary amides is 1. The molecule has 188 valence electrons. The molecule has 1 saturated heterocycles. The van der Waals surface area contributed by atoms with E-state index in [0.717, 1.165) is 24.4 Å². The number of thiophene rings is 1. The average Bonchev–Trinajstić information content (AvgIpc) is 3.67. The van der Waals surface area contributed by atoms with Gasteiger partial charge in [0.1, 0.15) is 4.88 Å². The first-order chi connectivity index (χ1) is 17.4. The number of nitrogens with zero attached hydrogens (tertiary/aromatic N) is 2. The lowest BCUT2D eigenvalue weighted by molar-refractivity contribution is -0.122. The number of carbonyl (C=O) groups excluding carboxylic acids is 3. The van der Waals surface area contributed by atoms with Crippen molar-refractivity contribution in [1.29, 1.82) is 0 Å². The summed E-state index contributed by atoms with van der Waals surface area (Å²) in [6.45, 7) is 1.02. The Kier molecular flexibility index (Phi) is 6.76. The molecule has 3 amide bonds. The van der Waals surface area contributed by atoms with E-state index in [0.29, 0.717) is 35.2 Å². The molecule has 2 aliphatic rings. The van der Waals surface area contributed by atoms with Gasteiger partial charge in [-0.1, -0.05) is 6.07 Å². The van der Waals surface area contributed by atoms with Crippen LogP contribution in [0.4, 0.5) is 11.4 Å². The first-order valence-corrected chi connectivity index (χ1v) is 12.8. The van der Waals surface area contributed by atoms with Crippen LogP contribution in [0, 0.1) is 0 Å². The summed E-state index contributed by atoms with van der Waals surface area (Å²) in [5, 5.41) is 4.76. The van der Waals surface area contributed by atoms with Crippen LogP contribution in [0.1, 0.15) is 43.9 Å². The number of hydrogen-bond acceptors (Lipinski definition) is 10. The summed E-state index contributed by atoms with van der Waals surface area (Å²) >= 11 is 2.08. The van der Waals surface area contributed by atoms with Gasteiger partial charge in [-0.15, -0.1) is 11.3 Å². The van der Waals surface area contributed by atoms with E-state index in [9.17, 15) is 14.4 Å². The number of ether oxygens (including phenoxy) is 3. The number of benzene rings is 1. The van der Waals surface area contributed by atoms with Gasteiger partial charge >= 0.3 is 0 Å². The van der Waals surface area contributed by atoms with E-state index >= 15 is 0 Å². The van der Waals surface area contributed by atoms with Gasteiger partial charge in [0, 0.05) is 29.8 Å². The third-order valence-corrected chi connectivity index (χ3v) is 7.63. The number of nitrogen functional groups attached to an aromatic ring is 1. The molecule has 2 aliphatic heterocycles. The van der Waals surface area contributed by atoms with Crippen molar-refractivity contribution in [3.63, 3.8) is 0 Å². The number of nitrogens with two attached hydrogens (primary N) is 2. The van der Waals surface area contributed by atoms with Crippen molar-refractivity contribution in [2.75, 3.05) is 30.6 Å². The number of carbonyl (C=O) groups is 3. The molecular weight excluding hydrogens is 506 g/mol. The molecule has 11 nitrogen and oxygen atoms in total. The van der Waals surface area contributed by atoms with Gasteiger partial charge < -0.3 is 31.0 Å². The molecule has 2 aromatic heterocycles. The molecule has 0 radical (unpaired) electrons. The largest absolute Gasteiger partial charge is 0.454 e. The van der Waals surface area contributed by atoms with E-state index in [-0.39, 0.29) is 29.2 Å². The number of fused-ring (bicyclic) bond motifs is 1. The summed E-state index contributed by atoms with van der Waals surface area (Å²) < 4.78 is 20.5. The van der Waals surface area contributed by atoms with Gasteiger partial charge in [-0.2, -0.15) is 4.37 Å². The zero-order valence-electron chi connectivity index (χ0n) is 19.0. The van der Waals surface area contributed by atoms with Crippen LogP contribution in [-0.2, 0) is 9.53 Å². The van der Waals surface area contributed by atoms with Crippen LogP contribution in [-0.4, -0.2) is 48.1 Å². The van der Waals surface area contributed by atoms with Crippen LogP contribution in [0.15, 0.2) is 35.7 Å². The Morgan fingerprint density at radius 3 is 2.75 bits per heavy atom. The number of aromatic nitrogens is 1. The lowest BCUT2D eigenvalue weighted by Crippen LogP contribution is -2.45. The standard InChI is InChI=1S/C23H23N5O6S2/c24-17-18(21(25)29)27-36-20(17)23(31)28(12-5-6-14-15(9-12)34-11-33-14)19(16-4-2-8-35-16)22(30)26-10-13-3-1-7-32-13/h2,4-6,8-9,13,19H,1,3,7,10-11,24H2,(H2,25,29)(H,26,30)/t13-,19-/m0/s1. The number of rotatable bonds is 8. The van der Waals surface area contributed by atoms with Crippen LogP contribution in [0.2, 0.25) is 0 Å². The first kappa shape index (κ1) is 24.0. The smallest absolute Gasteiger partial charge is 0.273 e. The molecule has 0 bridgehead atoms. The van der Waals surface area contributed by atoms with E-state index < -0.39 is 23.8 Å². The maximum absolute atomic E-state index is 14.0. The minimum atomic E-state index is -1.04. The topological polar surface area (TPSA) is 159 Å². The van der Waals surface area contributed by atoms with E-state index in [1.54, 1.807) is 30.3 Å². The highest BCUT2D eigenvalue weighted by molar-refractivity contribution is 7.10. The fourth-order valence-corrected chi connectivity index (χ4v) is 5.65. The third-order valence-electron chi connectivity index (χ3n) is 5.86. The van der Waals surface area contributed by atoms with Gasteiger partial charge in [-0.3, -0.25) is 19.3 Å². The molecule has 3 aromatic rings. The highest BCUT2D eigenvalue weighted by Crippen LogP contribution is 2.40. The predicted octanol–water partition coefficient (Wildman–Crippen LogP) is 2.30. The quantitative estimate of drug-likeness (QED) is 0.401. The summed E-state index contributed by atoms with van der Waals surface area (Å²) in [5.41, 5.74) is 11.5. The maximum Gasteiger partial charge on any atom is 0.273 e. The lowest BCUT2D eigenvalue weighted by atomic mass is 10.1. The van der Waals surface area contributed by atoms with Crippen molar-refractivity contribution in [1.82, 2.24) is 9.69 Å². The Balaban J connectivity index is 1.57. The Morgan fingerprint density at radius 1 is 1.22 bits per heavy atom. The molecule has 1 aromatic carbocycles. The van der Waals surface area contributed by atoms with Crippen molar-refractivity contribution in [3.8, 4) is 11.5 Å². The second-order valence-electron chi connectivity index (χ2n) is 8.15. The fraction of sp³-hybridized carbons (Fsp3) is 0.304. The summed E-state index contributed by atoms with van der Waals surface area (Å²) in [5.74, 6) is -0.888. The van der Waals surface area contributed by atoms with Crippen molar-refractivity contribution >= 4 is 52.0 Å². The average molecular weight is 530 g/mol. The minimum Gasteiger partial charge on any atom is -0.454 e. The molecular formula is C23H23N5O6S2. The van der Waals surface area contributed by atoms with Gasteiger partial charge in [0.15, 0.2) is 23.2 Å². The second-order valence-corrected chi connectivity index (χ2v) is 9.90. The van der Waals surface area contributed by atoms with Crippen LogP contribution in [0.3, 0.4) is 0 Å². The predicted molar refractivity (Wildman–Crippen MR) is 133 cm³/mol. The maximum atomic E-state index is 14.0. The van der Waals surface area contributed by atoms with Crippen molar-refractivity contribution in [3.05, 3.63) is 51.2 Å². The zero-order chi connectivity index (χ0) is 25.2. The number of nitrogens with one attached hydrogen (secondary N) is 1. The molecule has 5 N–H and O–H groups in total. The van der Waals surface area contributed by atoms with E-state index in [2.05, 4.69) is 9.69 Å². The first-order valence-electron chi connectivity index (χ1n) is 11.1. The Morgan fingerprint density at radius 2 is 2.06 bits per heavy atom.